The van der Waals surface area contributed by atoms with E-state index >= 15 is 0 Å². The summed E-state index contributed by atoms with van der Waals surface area (Å²) < 4.78 is 24.6. The van der Waals surface area contributed by atoms with Crippen molar-refractivity contribution in [1.29, 1.82) is 0 Å². The van der Waals surface area contributed by atoms with Gasteiger partial charge in [0.1, 0.15) is 5.75 Å². The van der Waals surface area contributed by atoms with Crippen molar-refractivity contribution in [2.75, 3.05) is 12.3 Å². The fraction of sp³-hybridized carbons (Fsp3) is 0.316. The molecule has 0 saturated heterocycles. The van der Waals surface area contributed by atoms with E-state index in [1.54, 1.807) is 24.3 Å². The predicted molar refractivity (Wildman–Crippen MR) is 93.6 cm³/mol. The van der Waals surface area contributed by atoms with Crippen molar-refractivity contribution in [2.24, 2.45) is 0 Å². The van der Waals surface area contributed by atoms with Crippen LogP contribution in [0.1, 0.15) is 24.0 Å². The van der Waals surface area contributed by atoms with Gasteiger partial charge in [-0.05, 0) is 37.5 Å². The molecule has 126 valence electrons. The summed E-state index contributed by atoms with van der Waals surface area (Å²) in [6.07, 6.45) is 2.03. The highest BCUT2D eigenvalue weighted by atomic mass is 32.2. The van der Waals surface area contributed by atoms with Crippen molar-refractivity contribution in [2.45, 2.75) is 30.1 Å². The molecule has 0 bridgehead atoms. The van der Waals surface area contributed by atoms with Gasteiger partial charge in [0, 0.05) is 12.0 Å². The van der Waals surface area contributed by atoms with Gasteiger partial charge in [0.05, 0.1) is 4.90 Å². The van der Waals surface area contributed by atoms with E-state index in [-0.39, 0.29) is 10.3 Å². The molecule has 5 heteroatoms. The van der Waals surface area contributed by atoms with E-state index in [4.69, 9.17) is 0 Å². The molecule has 1 fully saturated rings. The Morgan fingerprint density at radius 1 is 1.04 bits per heavy atom. The molecule has 1 N–H and O–H groups in total. The minimum atomic E-state index is -3.60. The fourth-order valence-corrected chi connectivity index (χ4v) is 4.00. The topological polar surface area (TPSA) is 63.2 Å². The lowest BCUT2D eigenvalue weighted by atomic mass is 9.96. The summed E-state index contributed by atoms with van der Waals surface area (Å²) in [6.45, 7) is 2.38. The molecule has 2 aromatic rings. The first-order valence-electron chi connectivity index (χ1n) is 8.03. The van der Waals surface area contributed by atoms with Crippen LogP contribution in [0.4, 0.5) is 0 Å². The first-order chi connectivity index (χ1) is 11.4. The molecule has 0 aliphatic heterocycles. The van der Waals surface area contributed by atoms with Crippen LogP contribution in [-0.2, 0) is 20.0 Å². The maximum absolute atomic E-state index is 12.3. The van der Waals surface area contributed by atoms with Gasteiger partial charge in [-0.1, -0.05) is 48.0 Å². The van der Waals surface area contributed by atoms with E-state index in [2.05, 4.69) is 17.4 Å². The van der Waals surface area contributed by atoms with Crippen LogP contribution in [0.25, 0.3) is 0 Å². The van der Waals surface area contributed by atoms with Gasteiger partial charge in [0.2, 0.25) is 5.91 Å². The van der Waals surface area contributed by atoms with Crippen LogP contribution in [0.5, 0.6) is 0 Å². The number of nitrogens with one attached hydrogen (secondary N) is 1. The van der Waals surface area contributed by atoms with Gasteiger partial charge < -0.3 is 5.32 Å². The van der Waals surface area contributed by atoms with Crippen LogP contribution in [0.3, 0.4) is 0 Å². The van der Waals surface area contributed by atoms with Crippen molar-refractivity contribution in [3.63, 3.8) is 0 Å². The molecule has 0 aromatic heterocycles. The molecule has 0 radical (unpaired) electrons. The number of hydrogen-bond acceptors (Lipinski definition) is 3. The Labute approximate surface area is 142 Å². The lowest BCUT2D eigenvalue weighted by Gasteiger charge is -2.16. The van der Waals surface area contributed by atoms with Crippen LogP contribution in [0.2, 0.25) is 0 Å². The number of sulfone groups is 1. The summed E-state index contributed by atoms with van der Waals surface area (Å²) in [5, 5.41) is 2.80. The van der Waals surface area contributed by atoms with E-state index in [0.717, 1.165) is 18.4 Å². The minimum Gasteiger partial charge on any atom is -0.354 e. The quantitative estimate of drug-likeness (QED) is 0.877. The van der Waals surface area contributed by atoms with Crippen LogP contribution < -0.4 is 5.32 Å². The Morgan fingerprint density at radius 3 is 2.25 bits per heavy atom. The lowest BCUT2D eigenvalue weighted by Crippen LogP contribution is -2.36. The van der Waals surface area contributed by atoms with Crippen LogP contribution in [0, 0.1) is 6.92 Å². The second-order valence-corrected chi connectivity index (χ2v) is 8.48. The maximum atomic E-state index is 12.3. The first-order valence-corrected chi connectivity index (χ1v) is 9.68. The van der Waals surface area contributed by atoms with Crippen molar-refractivity contribution in [3.05, 3.63) is 65.7 Å². The highest BCUT2D eigenvalue weighted by Crippen LogP contribution is 2.47. The highest BCUT2D eigenvalue weighted by Gasteiger charge is 2.44. The van der Waals surface area contributed by atoms with Gasteiger partial charge in [-0.15, -0.1) is 0 Å². The summed E-state index contributed by atoms with van der Waals surface area (Å²) >= 11 is 0. The second kappa shape index (κ2) is 6.40. The average Bonchev–Trinajstić information content (AvgIpc) is 3.35. The smallest absolute Gasteiger partial charge is 0.235 e. The summed E-state index contributed by atoms with van der Waals surface area (Å²) in [5.41, 5.74) is 2.16. The van der Waals surface area contributed by atoms with E-state index in [0.29, 0.717) is 6.54 Å². The van der Waals surface area contributed by atoms with Crippen LogP contribution in [-0.4, -0.2) is 26.6 Å². The molecule has 0 spiro atoms. The van der Waals surface area contributed by atoms with E-state index in [9.17, 15) is 13.2 Å². The molecule has 3 rings (SSSR count). The lowest BCUT2D eigenvalue weighted by molar-refractivity contribution is -0.118. The summed E-state index contributed by atoms with van der Waals surface area (Å²) in [6, 6.07) is 16.6. The minimum absolute atomic E-state index is 0.0233. The number of rotatable bonds is 6. The monoisotopic (exact) mass is 343 g/mol. The Balaban J connectivity index is 1.61. The van der Waals surface area contributed by atoms with Gasteiger partial charge in [-0.3, -0.25) is 4.79 Å². The van der Waals surface area contributed by atoms with Gasteiger partial charge in [-0.2, -0.15) is 0 Å². The summed E-state index contributed by atoms with van der Waals surface area (Å²) in [7, 11) is -3.60. The average molecular weight is 343 g/mol. The van der Waals surface area contributed by atoms with Gasteiger partial charge in [0.25, 0.3) is 0 Å². The number of carbonyl (C=O) groups is 1. The van der Waals surface area contributed by atoms with Crippen LogP contribution in [0.15, 0.2) is 59.5 Å². The second-order valence-electron chi connectivity index (χ2n) is 6.50. The number of amides is 1. The molecule has 4 nitrogen and oxygen atoms in total. The van der Waals surface area contributed by atoms with Gasteiger partial charge in [0.15, 0.2) is 9.84 Å². The largest absolute Gasteiger partial charge is 0.354 e. The molecule has 1 aliphatic rings. The van der Waals surface area contributed by atoms with Crippen molar-refractivity contribution in [3.8, 4) is 0 Å². The summed E-state index contributed by atoms with van der Waals surface area (Å²) in [5.74, 6) is -0.959. The summed E-state index contributed by atoms with van der Waals surface area (Å²) in [4.78, 5) is 12.3. The van der Waals surface area contributed by atoms with Crippen LogP contribution >= 0.6 is 0 Å². The van der Waals surface area contributed by atoms with Crippen molar-refractivity contribution >= 4 is 15.7 Å². The molecule has 0 atom stereocenters. The Hall–Kier alpha value is -2.14. The highest BCUT2D eigenvalue weighted by molar-refractivity contribution is 7.92. The normalized spacial score (nSPS) is 15.7. The number of aryl methyl sites for hydroxylation is 1. The van der Waals surface area contributed by atoms with E-state index in [1.807, 2.05) is 25.1 Å². The molecular weight excluding hydrogens is 322 g/mol. The van der Waals surface area contributed by atoms with Gasteiger partial charge >= 0.3 is 0 Å². The number of carbonyl (C=O) groups excluding carboxylic acids is 1. The molecule has 2 aromatic carbocycles. The molecular formula is C19H21NO3S. The van der Waals surface area contributed by atoms with Gasteiger partial charge in [-0.25, -0.2) is 8.42 Å². The van der Waals surface area contributed by atoms with Crippen molar-refractivity contribution < 1.29 is 13.2 Å². The number of hydrogen-bond donors (Lipinski definition) is 1. The SMILES string of the molecule is Cc1ccc(S(=O)(=O)CC(=O)NCC2(c3ccccc3)CC2)cc1. The fourth-order valence-electron chi connectivity index (χ4n) is 2.83. The van der Waals surface area contributed by atoms with E-state index < -0.39 is 21.5 Å². The Bertz CT molecular complexity index is 823. The standard InChI is InChI=1S/C19H21NO3S/c1-15-7-9-17(10-8-15)24(22,23)13-18(21)20-14-19(11-12-19)16-5-3-2-4-6-16/h2-10H,11-14H2,1H3,(H,20,21). The molecule has 0 heterocycles. The molecule has 0 unspecified atom stereocenters. The zero-order valence-electron chi connectivity index (χ0n) is 13.7. The maximum Gasteiger partial charge on any atom is 0.235 e. The third-order valence-electron chi connectivity index (χ3n) is 4.56. The number of benzene rings is 2. The third kappa shape index (κ3) is 3.67. The first kappa shape index (κ1) is 16.7. The Kier molecular flexibility index (Phi) is 4.45. The van der Waals surface area contributed by atoms with Crippen molar-refractivity contribution in [1.82, 2.24) is 5.32 Å². The molecule has 24 heavy (non-hydrogen) atoms. The molecule has 1 amide bonds. The zero-order valence-corrected chi connectivity index (χ0v) is 14.5. The Morgan fingerprint density at radius 2 is 1.67 bits per heavy atom. The van der Waals surface area contributed by atoms with E-state index in [1.165, 1.54) is 5.56 Å². The molecule has 1 aliphatic carbocycles. The molecule has 1 saturated carbocycles. The zero-order chi connectivity index (χ0) is 17.2. The predicted octanol–water partition coefficient (Wildman–Crippen LogP) is 2.62. The third-order valence-corrected chi connectivity index (χ3v) is 6.20.